The summed E-state index contributed by atoms with van der Waals surface area (Å²) in [7, 11) is 2.03. The van der Waals surface area contributed by atoms with E-state index in [0.29, 0.717) is 11.9 Å². The van der Waals surface area contributed by atoms with Gasteiger partial charge in [0.25, 0.3) is 0 Å². The van der Waals surface area contributed by atoms with Gasteiger partial charge in [-0.15, -0.1) is 12.4 Å². The monoisotopic (exact) mass is 293 g/mol. The van der Waals surface area contributed by atoms with Gasteiger partial charge in [-0.1, -0.05) is 18.2 Å². The molecular formula is C15H20ClN3O. The molecule has 0 amide bonds. The average molecular weight is 294 g/mol. The first-order chi connectivity index (χ1) is 9.35. The van der Waals surface area contributed by atoms with Crippen molar-refractivity contribution < 1.29 is 4.42 Å². The number of nitrogens with one attached hydrogen (secondary N) is 1. The highest BCUT2D eigenvalue weighted by Gasteiger charge is 2.21. The van der Waals surface area contributed by atoms with Crippen molar-refractivity contribution in [3.8, 4) is 11.5 Å². The van der Waals surface area contributed by atoms with Crippen LogP contribution >= 0.6 is 12.4 Å². The molecule has 0 aliphatic carbocycles. The summed E-state index contributed by atoms with van der Waals surface area (Å²) >= 11 is 0. The molecule has 1 aliphatic heterocycles. The third-order valence-electron chi connectivity index (χ3n) is 3.64. The van der Waals surface area contributed by atoms with Crippen LogP contribution in [0.1, 0.15) is 12.1 Å². The van der Waals surface area contributed by atoms with E-state index in [1.807, 2.05) is 37.4 Å². The molecule has 0 spiro atoms. The zero-order valence-electron chi connectivity index (χ0n) is 11.6. The second-order valence-corrected chi connectivity index (χ2v) is 5.02. The zero-order valence-corrected chi connectivity index (χ0v) is 12.4. The molecule has 2 aromatic rings. The van der Waals surface area contributed by atoms with Crippen LogP contribution in [0.5, 0.6) is 0 Å². The standard InChI is InChI=1S/C15H19N3O.ClH/c1-16-13-7-8-18(9-13)10-14-11-19-15(17-14)12-5-3-2-4-6-12;/h2-6,11,13,16H,7-10H2,1H3;1H. The predicted octanol–water partition coefficient (Wildman–Crippen LogP) is 2.56. The van der Waals surface area contributed by atoms with Crippen molar-refractivity contribution in [3.63, 3.8) is 0 Å². The normalized spacial score (nSPS) is 18.9. The van der Waals surface area contributed by atoms with Crippen LogP contribution in [0.3, 0.4) is 0 Å². The van der Waals surface area contributed by atoms with Crippen LogP contribution in [0.15, 0.2) is 41.0 Å². The van der Waals surface area contributed by atoms with Crippen LogP contribution in [-0.4, -0.2) is 36.1 Å². The second-order valence-electron chi connectivity index (χ2n) is 5.02. The predicted molar refractivity (Wildman–Crippen MR) is 81.9 cm³/mol. The van der Waals surface area contributed by atoms with Crippen LogP contribution in [0.4, 0.5) is 0 Å². The third-order valence-corrected chi connectivity index (χ3v) is 3.64. The van der Waals surface area contributed by atoms with Crippen molar-refractivity contribution in [2.45, 2.75) is 19.0 Å². The number of aromatic nitrogens is 1. The molecule has 4 nitrogen and oxygen atoms in total. The van der Waals surface area contributed by atoms with Gasteiger partial charge >= 0.3 is 0 Å². The minimum atomic E-state index is 0. The summed E-state index contributed by atoms with van der Waals surface area (Å²) < 4.78 is 5.56. The second kappa shape index (κ2) is 6.88. The topological polar surface area (TPSA) is 41.3 Å². The van der Waals surface area contributed by atoms with Gasteiger partial charge in [-0.25, -0.2) is 4.98 Å². The fourth-order valence-electron chi connectivity index (χ4n) is 2.53. The molecule has 1 aromatic carbocycles. The van der Waals surface area contributed by atoms with Crippen molar-refractivity contribution in [1.82, 2.24) is 15.2 Å². The molecule has 1 aliphatic rings. The Balaban J connectivity index is 0.00000147. The lowest BCUT2D eigenvalue weighted by Gasteiger charge is -2.13. The lowest BCUT2D eigenvalue weighted by molar-refractivity contribution is 0.318. The quantitative estimate of drug-likeness (QED) is 0.941. The summed E-state index contributed by atoms with van der Waals surface area (Å²) in [5.74, 6) is 0.708. The maximum absolute atomic E-state index is 5.56. The number of hydrogen-bond donors (Lipinski definition) is 1. The lowest BCUT2D eigenvalue weighted by atomic mass is 10.2. The highest BCUT2D eigenvalue weighted by Crippen LogP contribution is 2.19. The Morgan fingerprint density at radius 3 is 2.85 bits per heavy atom. The van der Waals surface area contributed by atoms with E-state index in [2.05, 4.69) is 15.2 Å². The number of benzene rings is 1. The number of likely N-dealkylation sites (tertiary alicyclic amines) is 1. The fraction of sp³-hybridized carbons (Fsp3) is 0.400. The van der Waals surface area contributed by atoms with Crippen LogP contribution in [0.25, 0.3) is 11.5 Å². The van der Waals surface area contributed by atoms with E-state index in [9.17, 15) is 0 Å². The molecule has 2 heterocycles. The summed E-state index contributed by atoms with van der Waals surface area (Å²) in [6, 6.07) is 10.6. The number of rotatable bonds is 4. The first-order valence-electron chi connectivity index (χ1n) is 6.74. The molecule has 0 bridgehead atoms. The van der Waals surface area contributed by atoms with Crippen LogP contribution < -0.4 is 5.32 Å². The maximum Gasteiger partial charge on any atom is 0.226 e. The number of hydrogen-bond acceptors (Lipinski definition) is 4. The highest BCUT2D eigenvalue weighted by atomic mass is 35.5. The van der Waals surface area contributed by atoms with Crippen LogP contribution in [-0.2, 0) is 6.54 Å². The lowest BCUT2D eigenvalue weighted by Crippen LogP contribution is -2.29. The smallest absolute Gasteiger partial charge is 0.226 e. The van der Waals surface area contributed by atoms with Gasteiger partial charge < -0.3 is 9.73 Å². The average Bonchev–Trinajstić information content (AvgIpc) is 3.09. The van der Waals surface area contributed by atoms with Gasteiger partial charge in [0.1, 0.15) is 6.26 Å². The molecule has 1 fully saturated rings. The van der Waals surface area contributed by atoms with Gasteiger partial charge in [-0.05, 0) is 25.6 Å². The maximum atomic E-state index is 5.56. The summed E-state index contributed by atoms with van der Waals surface area (Å²) in [6.45, 7) is 3.08. The third kappa shape index (κ3) is 3.39. The minimum Gasteiger partial charge on any atom is -0.444 e. The molecule has 20 heavy (non-hydrogen) atoms. The Kier molecular flexibility index (Phi) is 5.17. The van der Waals surface area contributed by atoms with Crippen molar-refractivity contribution in [1.29, 1.82) is 0 Å². The van der Waals surface area contributed by atoms with E-state index in [1.54, 1.807) is 6.26 Å². The molecule has 1 aromatic heterocycles. The Morgan fingerprint density at radius 1 is 1.35 bits per heavy atom. The highest BCUT2D eigenvalue weighted by molar-refractivity contribution is 5.85. The van der Waals surface area contributed by atoms with Gasteiger partial charge in [-0.2, -0.15) is 0 Å². The molecular weight excluding hydrogens is 274 g/mol. The Bertz CT molecular complexity index is 529. The van der Waals surface area contributed by atoms with Crippen molar-refractivity contribution in [3.05, 3.63) is 42.3 Å². The molecule has 0 radical (unpaired) electrons. The Labute approximate surface area is 125 Å². The molecule has 1 atom stereocenters. The van der Waals surface area contributed by atoms with Crippen molar-refractivity contribution in [2.75, 3.05) is 20.1 Å². The van der Waals surface area contributed by atoms with E-state index < -0.39 is 0 Å². The van der Waals surface area contributed by atoms with Crippen LogP contribution in [0, 0.1) is 0 Å². The van der Waals surface area contributed by atoms with Gasteiger partial charge in [0, 0.05) is 31.2 Å². The van der Waals surface area contributed by atoms with E-state index in [4.69, 9.17) is 4.42 Å². The van der Waals surface area contributed by atoms with Crippen LogP contribution in [0.2, 0.25) is 0 Å². The first kappa shape index (κ1) is 15.0. The summed E-state index contributed by atoms with van der Waals surface area (Å²) in [5, 5.41) is 3.33. The van der Waals surface area contributed by atoms with Crippen molar-refractivity contribution in [2.24, 2.45) is 0 Å². The zero-order chi connectivity index (χ0) is 13.1. The van der Waals surface area contributed by atoms with Gasteiger partial charge in [0.05, 0.1) is 5.69 Å². The number of oxazole rings is 1. The molecule has 1 unspecified atom stereocenters. The van der Waals surface area contributed by atoms with E-state index in [0.717, 1.165) is 30.9 Å². The Morgan fingerprint density at radius 2 is 2.15 bits per heavy atom. The van der Waals surface area contributed by atoms with E-state index in [-0.39, 0.29) is 12.4 Å². The SMILES string of the molecule is CNC1CCN(Cc2coc(-c3ccccc3)n2)C1.Cl. The summed E-state index contributed by atoms with van der Waals surface area (Å²) in [4.78, 5) is 6.98. The number of likely N-dealkylation sites (N-methyl/N-ethyl adjacent to an activating group) is 1. The van der Waals surface area contributed by atoms with E-state index >= 15 is 0 Å². The molecule has 3 rings (SSSR count). The molecule has 108 valence electrons. The van der Waals surface area contributed by atoms with Gasteiger partial charge in [-0.3, -0.25) is 4.90 Å². The molecule has 5 heteroatoms. The van der Waals surface area contributed by atoms with Gasteiger partial charge in [0.15, 0.2) is 0 Å². The molecule has 1 N–H and O–H groups in total. The largest absolute Gasteiger partial charge is 0.444 e. The first-order valence-corrected chi connectivity index (χ1v) is 6.74. The minimum absolute atomic E-state index is 0. The summed E-state index contributed by atoms with van der Waals surface area (Å²) in [5.41, 5.74) is 2.04. The molecule has 1 saturated heterocycles. The van der Waals surface area contributed by atoms with Crippen molar-refractivity contribution >= 4 is 12.4 Å². The number of halogens is 1. The van der Waals surface area contributed by atoms with E-state index in [1.165, 1.54) is 6.42 Å². The molecule has 0 saturated carbocycles. The summed E-state index contributed by atoms with van der Waals surface area (Å²) in [6.07, 6.45) is 2.98. The fourth-order valence-corrected chi connectivity index (χ4v) is 2.53. The van der Waals surface area contributed by atoms with Gasteiger partial charge in [0.2, 0.25) is 5.89 Å². The number of nitrogens with zero attached hydrogens (tertiary/aromatic N) is 2. The Hall–Kier alpha value is -1.36.